The molecule has 4 nitrogen and oxygen atoms in total. The van der Waals surface area contributed by atoms with E-state index in [1.807, 2.05) is 35.9 Å². The lowest BCUT2D eigenvalue weighted by molar-refractivity contribution is 0.272. The second-order valence-electron chi connectivity index (χ2n) is 6.78. The maximum absolute atomic E-state index is 14.3. The molecule has 0 aliphatic rings. The van der Waals surface area contributed by atoms with Crippen LogP contribution in [0.4, 0.5) is 8.78 Å². The monoisotopic (exact) mass is 411 g/mol. The van der Waals surface area contributed by atoms with Gasteiger partial charge in [0.15, 0.2) is 5.16 Å². The number of aliphatic hydroxyl groups is 1. The highest BCUT2D eigenvalue weighted by Crippen LogP contribution is 2.36. The summed E-state index contributed by atoms with van der Waals surface area (Å²) >= 11 is 1.45. The van der Waals surface area contributed by atoms with Crippen LogP contribution in [0.5, 0.6) is 0 Å². The average molecular weight is 411 g/mol. The first-order valence-electron chi connectivity index (χ1n) is 9.04. The number of rotatable bonds is 5. The van der Waals surface area contributed by atoms with E-state index in [4.69, 9.17) is 0 Å². The van der Waals surface area contributed by atoms with E-state index in [1.165, 1.54) is 23.9 Å². The third-order valence-electron chi connectivity index (χ3n) is 4.92. The zero-order valence-corrected chi connectivity index (χ0v) is 16.8. The van der Waals surface area contributed by atoms with Crippen molar-refractivity contribution < 1.29 is 13.9 Å². The molecule has 7 heteroatoms. The van der Waals surface area contributed by atoms with Gasteiger partial charge in [0.25, 0.3) is 0 Å². The van der Waals surface area contributed by atoms with Gasteiger partial charge in [-0.1, -0.05) is 29.5 Å². The first kappa shape index (κ1) is 19.5. The van der Waals surface area contributed by atoms with Crippen molar-refractivity contribution in [2.45, 2.75) is 25.2 Å². The van der Waals surface area contributed by atoms with Gasteiger partial charge in [-0.3, -0.25) is 0 Å². The van der Waals surface area contributed by atoms with Crippen LogP contribution < -0.4 is 0 Å². The van der Waals surface area contributed by atoms with Crippen LogP contribution in [0.15, 0.2) is 53.9 Å². The molecule has 4 rings (SSSR count). The number of aromatic nitrogens is 3. The summed E-state index contributed by atoms with van der Waals surface area (Å²) in [5.74, 6) is -1.23. The molecule has 0 saturated carbocycles. The summed E-state index contributed by atoms with van der Waals surface area (Å²) in [4.78, 5) is 8.71. The van der Waals surface area contributed by atoms with Gasteiger partial charge in [0, 0.05) is 46.1 Å². The van der Waals surface area contributed by atoms with Crippen LogP contribution in [0.25, 0.3) is 22.0 Å². The number of nitrogens with zero attached hydrogens (tertiary/aromatic N) is 3. The summed E-state index contributed by atoms with van der Waals surface area (Å²) < 4.78 is 29.5. The second-order valence-corrected chi connectivity index (χ2v) is 7.55. The Hall–Kier alpha value is -2.77. The zero-order valence-electron chi connectivity index (χ0n) is 16.0. The van der Waals surface area contributed by atoms with Gasteiger partial charge < -0.3 is 9.67 Å². The molecule has 29 heavy (non-hydrogen) atoms. The molecule has 0 amide bonds. The quantitative estimate of drug-likeness (QED) is 0.373. The number of hydrogen-bond acceptors (Lipinski definition) is 4. The zero-order chi connectivity index (χ0) is 20.5. The third kappa shape index (κ3) is 3.63. The highest BCUT2D eigenvalue weighted by Gasteiger charge is 2.20. The van der Waals surface area contributed by atoms with Gasteiger partial charge in [-0.25, -0.2) is 18.7 Å². The van der Waals surface area contributed by atoms with E-state index in [0.29, 0.717) is 16.4 Å². The molecule has 2 heterocycles. The number of fused-ring (bicyclic) bond motifs is 1. The molecule has 0 unspecified atom stereocenters. The summed E-state index contributed by atoms with van der Waals surface area (Å²) in [6.45, 7) is 1.92. The first-order valence-corrected chi connectivity index (χ1v) is 10.3. The molecule has 148 valence electrons. The summed E-state index contributed by atoms with van der Waals surface area (Å²) in [5, 5.41) is 11.8. The number of benzene rings is 2. The van der Waals surface area contributed by atoms with E-state index >= 15 is 0 Å². The topological polar surface area (TPSA) is 50.9 Å². The van der Waals surface area contributed by atoms with Crippen molar-refractivity contribution in [3.63, 3.8) is 0 Å². The van der Waals surface area contributed by atoms with Gasteiger partial charge in [-0.15, -0.1) is 0 Å². The molecule has 0 spiro atoms. The van der Waals surface area contributed by atoms with Crippen LogP contribution in [0.3, 0.4) is 0 Å². The SMILES string of the molecule is CSc1ncc(-c2c(CO)n(Cc3ccc(F)cc3F)c3ccc(C)cc23)cn1. The summed E-state index contributed by atoms with van der Waals surface area (Å²) in [7, 11) is 0. The van der Waals surface area contributed by atoms with Gasteiger partial charge >= 0.3 is 0 Å². The first-order chi connectivity index (χ1) is 14.0. The van der Waals surface area contributed by atoms with E-state index in [0.717, 1.165) is 33.7 Å². The van der Waals surface area contributed by atoms with Crippen LogP contribution in [0, 0.1) is 18.6 Å². The molecule has 4 aromatic rings. The van der Waals surface area contributed by atoms with Gasteiger partial charge in [0.1, 0.15) is 11.6 Å². The number of thioether (sulfide) groups is 1. The second kappa shape index (κ2) is 7.93. The number of aliphatic hydroxyl groups excluding tert-OH is 1. The van der Waals surface area contributed by atoms with Crippen molar-refractivity contribution in [1.29, 1.82) is 0 Å². The van der Waals surface area contributed by atoms with Crippen LogP contribution >= 0.6 is 11.8 Å². The lowest BCUT2D eigenvalue weighted by Gasteiger charge is -2.12. The Kier molecular flexibility index (Phi) is 5.34. The van der Waals surface area contributed by atoms with Gasteiger partial charge in [-0.05, 0) is 31.4 Å². The third-order valence-corrected chi connectivity index (χ3v) is 5.50. The molecule has 2 aromatic carbocycles. The fourth-order valence-electron chi connectivity index (χ4n) is 3.56. The standard InChI is InChI=1S/C22H19F2N3OS/c1-13-3-6-19-17(7-13)21(15-9-25-22(29-2)26-10-15)20(12-28)27(19)11-14-4-5-16(23)8-18(14)24/h3-10,28H,11-12H2,1-2H3. The van der Waals surface area contributed by atoms with Crippen LogP contribution in [-0.4, -0.2) is 25.9 Å². The molecule has 2 aromatic heterocycles. The number of hydrogen-bond donors (Lipinski definition) is 1. The van der Waals surface area contributed by atoms with Gasteiger partial charge in [-0.2, -0.15) is 0 Å². The van der Waals surface area contributed by atoms with Crippen LogP contribution in [0.1, 0.15) is 16.8 Å². The van der Waals surface area contributed by atoms with E-state index in [1.54, 1.807) is 12.4 Å². The highest BCUT2D eigenvalue weighted by molar-refractivity contribution is 7.98. The lowest BCUT2D eigenvalue weighted by atomic mass is 10.0. The fraction of sp³-hybridized carbons (Fsp3) is 0.182. The Morgan fingerprint density at radius 1 is 1.07 bits per heavy atom. The normalized spacial score (nSPS) is 11.3. The molecule has 0 radical (unpaired) electrons. The molecule has 0 fully saturated rings. The van der Waals surface area contributed by atoms with Crippen LogP contribution in [0.2, 0.25) is 0 Å². The molecule has 0 bridgehead atoms. The van der Waals surface area contributed by atoms with Crippen molar-refractivity contribution in [1.82, 2.24) is 14.5 Å². The Balaban J connectivity index is 1.94. The predicted molar refractivity (Wildman–Crippen MR) is 111 cm³/mol. The number of aryl methyl sites for hydroxylation is 1. The Morgan fingerprint density at radius 3 is 2.48 bits per heavy atom. The van der Waals surface area contributed by atoms with Crippen molar-refractivity contribution in [2.75, 3.05) is 6.26 Å². The number of halogens is 2. The molecular formula is C22H19F2N3OS. The Bertz CT molecular complexity index is 1190. The van der Waals surface area contributed by atoms with Crippen molar-refractivity contribution in [3.8, 4) is 11.1 Å². The van der Waals surface area contributed by atoms with Crippen molar-refractivity contribution in [2.24, 2.45) is 0 Å². The smallest absolute Gasteiger partial charge is 0.187 e. The van der Waals surface area contributed by atoms with Crippen LogP contribution in [-0.2, 0) is 13.2 Å². The fourth-order valence-corrected chi connectivity index (χ4v) is 3.88. The Morgan fingerprint density at radius 2 is 1.83 bits per heavy atom. The molecular weight excluding hydrogens is 392 g/mol. The largest absolute Gasteiger partial charge is 0.390 e. The maximum Gasteiger partial charge on any atom is 0.187 e. The minimum atomic E-state index is -0.617. The van der Waals surface area contributed by atoms with Crippen molar-refractivity contribution >= 4 is 22.7 Å². The maximum atomic E-state index is 14.3. The molecule has 0 aliphatic carbocycles. The van der Waals surface area contributed by atoms with Gasteiger partial charge in [0.05, 0.1) is 18.8 Å². The molecule has 1 N–H and O–H groups in total. The predicted octanol–water partition coefficient (Wildman–Crippen LogP) is 4.95. The van der Waals surface area contributed by atoms with Crippen molar-refractivity contribution in [3.05, 3.63) is 77.2 Å². The molecule has 0 aliphatic heterocycles. The molecule has 0 atom stereocenters. The summed E-state index contributed by atoms with van der Waals surface area (Å²) in [6, 6.07) is 9.50. The average Bonchev–Trinajstić information content (AvgIpc) is 3.02. The minimum absolute atomic E-state index is 0.172. The summed E-state index contributed by atoms with van der Waals surface area (Å²) in [6.07, 6.45) is 5.37. The van der Waals surface area contributed by atoms with E-state index < -0.39 is 11.6 Å². The summed E-state index contributed by atoms with van der Waals surface area (Å²) in [5.41, 5.74) is 4.50. The van der Waals surface area contributed by atoms with E-state index in [9.17, 15) is 13.9 Å². The minimum Gasteiger partial charge on any atom is -0.390 e. The van der Waals surface area contributed by atoms with Gasteiger partial charge in [0.2, 0.25) is 0 Å². The molecule has 0 saturated heterocycles. The Labute approximate surface area is 171 Å². The lowest BCUT2D eigenvalue weighted by Crippen LogP contribution is -2.07. The highest BCUT2D eigenvalue weighted by atomic mass is 32.2. The van der Waals surface area contributed by atoms with E-state index in [2.05, 4.69) is 9.97 Å². The van der Waals surface area contributed by atoms with E-state index in [-0.39, 0.29) is 13.2 Å².